The van der Waals surface area contributed by atoms with Crippen LogP contribution in [0, 0.1) is 5.82 Å². The Morgan fingerprint density at radius 1 is 1.04 bits per heavy atom. The maximum atomic E-state index is 13.9. The van der Waals surface area contributed by atoms with E-state index in [1.165, 1.54) is 6.07 Å². The molecular formula is C20H23FN4O3. The lowest BCUT2D eigenvalue weighted by Gasteiger charge is -2.36. The first-order valence-electron chi connectivity index (χ1n) is 9.35. The van der Waals surface area contributed by atoms with Gasteiger partial charge in [0.15, 0.2) is 11.5 Å². The average molecular weight is 386 g/mol. The molecule has 8 heteroatoms. The molecule has 0 aromatic heterocycles. The first-order valence-corrected chi connectivity index (χ1v) is 9.35. The number of halogens is 1. The highest BCUT2D eigenvalue weighted by molar-refractivity contribution is 5.89. The lowest BCUT2D eigenvalue weighted by atomic mass is 10.2. The summed E-state index contributed by atoms with van der Waals surface area (Å²) >= 11 is 0. The Hall–Kier alpha value is -3.00. The van der Waals surface area contributed by atoms with E-state index in [2.05, 4.69) is 20.4 Å². The van der Waals surface area contributed by atoms with Gasteiger partial charge in [-0.3, -0.25) is 4.90 Å². The molecule has 2 amide bonds. The lowest BCUT2D eigenvalue weighted by molar-refractivity contribution is 0.174. The second kappa shape index (κ2) is 8.35. The third-order valence-corrected chi connectivity index (χ3v) is 4.91. The second-order valence-corrected chi connectivity index (χ2v) is 6.73. The number of ether oxygens (including phenoxy) is 2. The van der Waals surface area contributed by atoms with Gasteiger partial charge in [-0.1, -0.05) is 12.1 Å². The van der Waals surface area contributed by atoms with Gasteiger partial charge in [-0.25, -0.2) is 9.18 Å². The molecule has 7 nitrogen and oxygen atoms in total. The number of rotatable bonds is 5. The van der Waals surface area contributed by atoms with Crippen LogP contribution in [0.15, 0.2) is 42.5 Å². The number of nitrogens with zero attached hydrogens (tertiary/aromatic N) is 2. The number of carbonyl (C=O) groups excluding carboxylic acids is 1. The smallest absolute Gasteiger partial charge is 0.319 e. The van der Waals surface area contributed by atoms with Gasteiger partial charge in [0.25, 0.3) is 0 Å². The Morgan fingerprint density at radius 2 is 1.82 bits per heavy atom. The fourth-order valence-electron chi connectivity index (χ4n) is 3.40. The minimum Gasteiger partial charge on any atom is -0.454 e. The maximum Gasteiger partial charge on any atom is 0.319 e. The summed E-state index contributed by atoms with van der Waals surface area (Å²) in [5.74, 6) is 1.13. The van der Waals surface area contributed by atoms with Crippen LogP contribution in [0.3, 0.4) is 0 Å². The summed E-state index contributed by atoms with van der Waals surface area (Å²) < 4.78 is 24.4. The van der Waals surface area contributed by atoms with Gasteiger partial charge in [-0.05, 0) is 24.3 Å². The third-order valence-electron chi connectivity index (χ3n) is 4.91. The SMILES string of the molecule is O=C(NCCN1CCN(c2ccccc2F)CC1)Nc1ccc2c(c1)OCO2. The van der Waals surface area contributed by atoms with E-state index >= 15 is 0 Å². The zero-order valence-electron chi connectivity index (χ0n) is 15.5. The lowest BCUT2D eigenvalue weighted by Crippen LogP contribution is -2.49. The molecule has 148 valence electrons. The topological polar surface area (TPSA) is 66.1 Å². The summed E-state index contributed by atoms with van der Waals surface area (Å²) in [5.41, 5.74) is 1.31. The Balaban J connectivity index is 1.18. The van der Waals surface area contributed by atoms with Crippen LogP contribution in [0.1, 0.15) is 0 Å². The molecule has 4 rings (SSSR count). The number of hydrogen-bond acceptors (Lipinski definition) is 5. The highest BCUT2D eigenvalue weighted by Crippen LogP contribution is 2.34. The van der Waals surface area contributed by atoms with Crippen LogP contribution in [0.5, 0.6) is 11.5 Å². The number of benzene rings is 2. The first-order chi connectivity index (χ1) is 13.7. The normalized spacial score (nSPS) is 16.1. The molecule has 0 atom stereocenters. The van der Waals surface area contributed by atoms with Crippen molar-refractivity contribution < 1.29 is 18.7 Å². The van der Waals surface area contributed by atoms with Crippen molar-refractivity contribution in [1.29, 1.82) is 0 Å². The van der Waals surface area contributed by atoms with Gasteiger partial charge in [0, 0.05) is 51.0 Å². The van der Waals surface area contributed by atoms with Crippen molar-refractivity contribution in [3.63, 3.8) is 0 Å². The number of para-hydroxylation sites is 1. The van der Waals surface area contributed by atoms with E-state index in [0.29, 0.717) is 29.4 Å². The molecule has 0 spiro atoms. The summed E-state index contributed by atoms with van der Waals surface area (Å²) in [5, 5.41) is 5.65. The predicted molar refractivity (Wildman–Crippen MR) is 105 cm³/mol. The molecule has 1 fully saturated rings. The Bertz CT molecular complexity index is 840. The zero-order valence-corrected chi connectivity index (χ0v) is 15.5. The number of fused-ring (bicyclic) bond motifs is 1. The van der Waals surface area contributed by atoms with Gasteiger partial charge in [0.1, 0.15) is 5.82 Å². The average Bonchev–Trinajstić information content (AvgIpc) is 3.17. The van der Waals surface area contributed by atoms with E-state index in [1.54, 1.807) is 24.3 Å². The van der Waals surface area contributed by atoms with Gasteiger partial charge in [-0.2, -0.15) is 0 Å². The Kier molecular flexibility index (Phi) is 5.48. The minimum atomic E-state index is -0.260. The van der Waals surface area contributed by atoms with Gasteiger partial charge < -0.3 is 25.0 Å². The molecule has 2 aromatic rings. The van der Waals surface area contributed by atoms with Crippen LogP contribution in [-0.4, -0.2) is 57.0 Å². The van der Waals surface area contributed by atoms with E-state index in [0.717, 1.165) is 32.7 Å². The number of anilines is 2. The molecule has 2 heterocycles. The number of amides is 2. The zero-order chi connectivity index (χ0) is 19.3. The van der Waals surface area contributed by atoms with Crippen molar-refractivity contribution in [3.05, 3.63) is 48.3 Å². The number of hydrogen-bond donors (Lipinski definition) is 2. The second-order valence-electron chi connectivity index (χ2n) is 6.73. The molecule has 0 aliphatic carbocycles. The van der Waals surface area contributed by atoms with Crippen molar-refractivity contribution in [2.24, 2.45) is 0 Å². The van der Waals surface area contributed by atoms with Crippen LogP contribution in [0.4, 0.5) is 20.6 Å². The highest BCUT2D eigenvalue weighted by atomic mass is 19.1. The summed E-state index contributed by atoms with van der Waals surface area (Å²) in [6, 6.07) is 11.9. The summed E-state index contributed by atoms with van der Waals surface area (Å²) in [4.78, 5) is 16.4. The van der Waals surface area contributed by atoms with E-state index in [9.17, 15) is 9.18 Å². The van der Waals surface area contributed by atoms with Crippen molar-refractivity contribution in [2.75, 3.05) is 56.3 Å². The largest absolute Gasteiger partial charge is 0.454 e. The standard InChI is InChI=1S/C20H23FN4O3/c21-16-3-1-2-4-17(16)25-11-9-24(10-12-25)8-7-22-20(26)23-15-5-6-18-19(13-15)28-14-27-18/h1-6,13H,7-12,14H2,(H2,22,23,26). The van der Waals surface area contributed by atoms with E-state index in [4.69, 9.17) is 9.47 Å². The Labute approximate surface area is 163 Å². The summed E-state index contributed by atoms with van der Waals surface area (Å²) in [6.07, 6.45) is 0. The van der Waals surface area contributed by atoms with Crippen LogP contribution in [0.2, 0.25) is 0 Å². The minimum absolute atomic E-state index is 0.183. The highest BCUT2D eigenvalue weighted by Gasteiger charge is 2.19. The summed E-state index contributed by atoms with van der Waals surface area (Å²) in [6.45, 7) is 4.69. The van der Waals surface area contributed by atoms with Crippen molar-refractivity contribution >= 4 is 17.4 Å². The third kappa shape index (κ3) is 4.28. The monoisotopic (exact) mass is 386 g/mol. The molecule has 1 saturated heterocycles. The molecule has 2 aromatic carbocycles. The first kappa shape index (κ1) is 18.4. The van der Waals surface area contributed by atoms with Gasteiger partial charge in [-0.15, -0.1) is 0 Å². The van der Waals surface area contributed by atoms with Crippen LogP contribution in [-0.2, 0) is 0 Å². The molecule has 28 heavy (non-hydrogen) atoms. The van der Waals surface area contributed by atoms with Crippen molar-refractivity contribution in [2.45, 2.75) is 0 Å². The predicted octanol–water partition coefficient (Wildman–Crippen LogP) is 2.50. The Morgan fingerprint density at radius 3 is 2.64 bits per heavy atom. The van der Waals surface area contributed by atoms with Crippen LogP contribution in [0.25, 0.3) is 0 Å². The molecule has 2 aliphatic rings. The summed E-state index contributed by atoms with van der Waals surface area (Å²) in [7, 11) is 0. The number of nitrogens with one attached hydrogen (secondary N) is 2. The number of urea groups is 1. The molecule has 2 N–H and O–H groups in total. The van der Waals surface area contributed by atoms with Gasteiger partial charge in [0.2, 0.25) is 6.79 Å². The maximum absolute atomic E-state index is 13.9. The molecule has 2 aliphatic heterocycles. The molecule has 0 saturated carbocycles. The van der Waals surface area contributed by atoms with Gasteiger partial charge >= 0.3 is 6.03 Å². The number of carbonyl (C=O) groups is 1. The molecular weight excluding hydrogens is 363 g/mol. The molecule has 0 unspecified atom stereocenters. The fraction of sp³-hybridized carbons (Fsp3) is 0.350. The van der Waals surface area contributed by atoms with Crippen molar-refractivity contribution in [1.82, 2.24) is 10.2 Å². The van der Waals surface area contributed by atoms with Crippen molar-refractivity contribution in [3.8, 4) is 11.5 Å². The van der Waals surface area contributed by atoms with Gasteiger partial charge in [0.05, 0.1) is 5.69 Å². The molecule has 0 radical (unpaired) electrons. The van der Waals surface area contributed by atoms with Crippen LogP contribution >= 0.6 is 0 Å². The molecule has 0 bridgehead atoms. The number of piperazine rings is 1. The van der Waals surface area contributed by atoms with E-state index in [-0.39, 0.29) is 18.6 Å². The van der Waals surface area contributed by atoms with E-state index < -0.39 is 0 Å². The van der Waals surface area contributed by atoms with E-state index in [1.807, 2.05) is 12.1 Å². The quantitative estimate of drug-likeness (QED) is 0.827. The van der Waals surface area contributed by atoms with Crippen LogP contribution < -0.4 is 25.0 Å². The fourth-order valence-corrected chi connectivity index (χ4v) is 3.40.